The summed E-state index contributed by atoms with van der Waals surface area (Å²) < 4.78 is 0. The number of pyridine rings is 1. The quantitative estimate of drug-likeness (QED) is 0.650. The highest BCUT2D eigenvalue weighted by Crippen LogP contribution is 2.21. The third-order valence-electron chi connectivity index (χ3n) is 5.58. The van der Waals surface area contributed by atoms with Crippen molar-refractivity contribution in [1.82, 2.24) is 19.9 Å². The van der Waals surface area contributed by atoms with Gasteiger partial charge in [0.1, 0.15) is 0 Å². The van der Waals surface area contributed by atoms with E-state index in [-0.39, 0.29) is 0 Å². The van der Waals surface area contributed by atoms with Crippen LogP contribution in [0.5, 0.6) is 0 Å². The largest absolute Gasteiger partial charge is 0.323 e. The SMILES string of the molecule is Cc1ccc(-c2cnc(Nc3cnc(CCN4CCCCC4)cc3C)nc2)cc1. The molecular formula is C24H29N5. The van der Waals surface area contributed by atoms with Crippen molar-refractivity contribution in [3.05, 3.63) is 65.7 Å². The summed E-state index contributed by atoms with van der Waals surface area (Å²) in [6, 6.07) is 10.6. The molecule has 1 fully saturated rings. The third-order valence-corrected chi connectivity index (χ3v) is 5.58. The monoisotopic (exact) mass is 387 g/mol. The summed E-state index contributed by atoms with van der Waals surface area (Å²) in [5, 5.41) is 3.30. The maximum Gasteiger partial charge on any atom is 0.227 e. The van der Waals surface area contributed by atoms with Gasteiger partial charge in [-0.2, -0.15) is 0 Å². The van der Waals surface area contributed by atoms with Gasteiger partial charge in [0.05, 0.1) is 11.9 Å². The lowest BCUT2D eigenvalue weighted by atomic mass is 10.1. The zero-order chi connectivity index (χ0) is 20.1. The van der Waals surface area contributed by atoms with E-state index in [1.165, 1.54) is 43.5 Å². The Kier molecular flexibility index (Phi) is 6.15. The van der Waals surface area contributed by atoms with Gasteiger partial charge in [0, 0.05) is 36.6 Å². The van der Waals surface area contributed by atoms with Gasteiger partial charge in [-0.15, -0.1) is 0 Å². The number of hydrogen-bond donors (Lipinski definition) is 1. The van der Waals surface area contributed by atoms with Crippen LogP contribution in [0.15, 0.2) is 48.9 Å². The first kappa shape index (κ1) is 19.5. The molecule has 29 heavy (non-hydrogen) atoms. The van der Waals surface area contributed by atoms with Crippen LogP contribution in [0.3, 0.4) is 0 Å². The summed E-state index contributed by atoms with van der Waals surface area (Å²) in [7, 11) is 0. The van der Waals surface area contributed by atoms with Crippen LogP contribution < -0.4 is 5.32 Å². The molecule has 0 atom stereocenters. The fourth-order valence-electron chi connectivity index (χ4n) is 3.75. The van der Waals surface area contributed by atoms with Crippen LogP contribution in [0.2, 0.25) is 0 Å². The highest BCUT2D eigenvalue weighted by Gasteiger charge is 2.11. The van der Waals surface area contributed by atoms with Gasteiger partial charge in [-0.05, 0) is 57.0 Å². The lowest BCUT2D eigenvalue weighted by Gasteiger charge is -2.26. The summed E-state index contributed by atoms with van der Waals surface area (Å²) in [6.07, 6.45) is 10.7. The molecule has 0 aliphatic carbocycles. The number of rotatable bonds is 6. The molecule has 0 radical (unpaired) electrons. The van der Waals surface area contributed by atoms with Gasteiger partial charge in [-0.25, -0.2) is 9.97 Å². The van der Waals surface area contributed by atoms with Crippen LogP contribution in [0, 0.1) is 13.8 Å². The van der Waals surface area contributed by atoms with E-state index in [9.17, 15) is 0 Å². The fourth-order valence-corrected chi connectivity index (χ4v) is 3.75. The average Bonchev–Trinajstić information content (AvgIpc) is 2.76. The summed E-state index contributed by atoms with van der Waals surface area (Å²) in [6.45, 7) is 7.75. The first-order valence-corrected chi connectivity index (χ1v) is 10.5. The number of piperidine rings is 1. The molecule has 1 aliphatic heterocycles. The minimum Gasteiger partial charge on any atom is -0.323 e. The number of likely N-dealkylation sites (tertiary alicyclic amines) is 1. The lowest BCUT2D eigenvalue weighted by molar-refractivity contribution is 0.231. The molecule has 1 aliphatic rings. The second-order valence-corrected chi connectivity index (χ2v) is 7.93. The van der Waals surface area contributed by atoms with E-state index in [1.54, 1.807) is 0 Å². The summed E-state index contributed by atoms with van der Waals surface area (Å²) in [5.74, 6) is 0.590. The Morgan fingerprint density at radius 2 is 1.59 bits per heavy atom. The maximum atomic E-state index is 4.65. The molecule has 2 aromatic heterocycles. The summed E-state index contributed by atoms with van der Waals surface area (Å²) >= 11 is 0. The zero-order valence-corrected chi connectivity index (χ0v) is 17.4. The van der Waals surface area contributed by atoms with E-state index in [0.29, 0.717) is 5.95 Å². The molecule has 0 bridgehead atoms. The molecule has 3 heterocycles. The number of hydrogen-bond acceptors (Lipinski definition) is 5. The van der Waals surface area contributed by atoms with Crippen molar-refractivity contribution < 1.29 is 0 Å². The summed E-state index contributed by atoms with van der Waals surface area (Å²) in [5.41, 5.74) is 6.65. The molecule has 5 nitrogen and oxygen atoms in total. The van der Waals surface area contributed by atoms with Crippen molar-refractivity contribution >= 4 is 11.6 Å². The van der Waals surface area contributed by atoms with Gasteiger partial charge in [0.2, 0.25) is 5.95 Å². The zero-order valence-electron chi connectivity index (χ0n) is 17.4. The normalized spacial score (nSPS) is 14.7. The van der Waals surface area contributed by atoms with Crippen LogP contribution in [-0.2, 0) is 6.42 Å². The Morgan fingerprint density at radius 3 is 2.28 bits per heavy atom. The van der Waals surface area contributed by atoms with Gasteiger partial charge >= 0.3 is 0 Å². The highest BCUT2D eigenvalue weighted by molar-refractivity contribution is 5.63. The van der Waals surface area contributed by atoms with Gasteiger partial charge in [0.15, 0.2) is 0 Å². The predicted molar refractivity (Wildman–Crippen MR) is 118 cm³/mol. The molecule has 0 spiro atoms. The first-order chi connectivity index (χ1) is 14.2. The van der Waals surface area contributed by atoms with Crippen molar-refractivity contribution in [2.24, 2.45) is 0 Å². The molecule has 0 amide bonds. The van der Waals surface area contributed by atoms with Crippen molar-refractivity contribution in [3.63, 3.8) is 0 Å². The van der Waals surface area contributed by atoms with Crippen LogP contribution in [-0.4, -0.2) is 39.5 Å². The molecule has 0 unspecified atom stereocenters. The Labute approximate surface area is 173 Å². The molecule has 4 rings (SSSR count). The number of anilines is 2. The molecule has 5 heteroatoms. The van der Waals surface area contributed by atoms with Crippen LogP contribution in [0.25, 0.3) is 11.1 Å². The molecular weight excluding hydrogens is 358 g/mol. The first-order valence-electron chi connectivity index (χ1n) is 10.5. The van der Waals surface area contributed by atoms with E-state index in [2.05, 4.69) is 69.3 Å². The summed E-state index contributed by atoms with van der Waals surface area (Å²) in [4.78, 5) is 16.2. The Bertz CT molecular complexity index is 928. The van der Waals surface area contributed by atoms with Crippen LogP contribution in [0.4, 0.5) is 11.6 Å². The predicted octanol–water partition coefficient (Wildman–Crippen LogP) is 4.93. The van der Waals surface area contributed by atoms with E-state index >= 15 is 0 Å². The minimum atomic E-state index is 0.590. The molecule has 3 aromatic rings. The molecule has 1 aromatic carbocycles. The number of aryl methyl sites for hydroxylation is 2. The Hall–Kier alpha value is -2.79. The third kappa shape index (κ3) is 5.18. The van der Waals surface area contributed by atoms with Crippen molar-refractivity contribution in [1.29, 1.82) is 0 Å². The van der Waals surface area contributed by atoms with Gasteiger partial charge in [-0.3, -0.25) is 4.98 Å². The highest BCUT2D eigenvalue weighted by atomic mass is 15.1. The number of nitrogens with zero attached hydrogens (tertiary/aromatic N) is 4. The van der Waals surface area contributed by atoms with E-state index in [4.69, 9.17) is 0 Å². The van der Waals surface area contributed by atoms with Gasteiger partial charge in [0.25, 0.3) is 0 Å². The van der Waals surface area contributed by atoms with Crippen LogP contribution >= 0.6 is 0 Å². The van der Waals surface area contributed by atoms with E-state index in [0.717, 1.165) is 35.5 Å². The standard InChI is InChI=1S/C24H29N5/c1-18-6-8-20(9-7-18)21-15-26-24(27-16-21)28-23-17-25-22(14-19(23)2)10-13-29-11-4-3-5-12-29/h6-9,14-17H,3-5,10-13H2,1-2H3,(H,26,27,28). The topological polar surface area (TPSA) is 53.9 Å². The van der Waals surface area contributed by atoms with E-state index < -0.39 is 0 Å². The number of nitrogens with one attached hydrogen (secondary N) is 1. The van der Waals surface area contributed by atoms with Crippen molar-refractivity contribution in [2.45, 2.75) is 39.5 Å². The molecule has 150 valence electrons. The average molecular weight is 388 g/mol. The fraction of sp³-hybridized carbons (Fsp3) is 0.375. The second-order valence-electron chi connectivity index (χ2n) is 7.93. The molecule has 0 saturated carbocycles. The molecule has 1 N–H and O–H groups in total. The van der Waals surface area contributed by atoms with E-state index in [1.807, 2.05) is 18.6 Å². The van der Waals surface area contributed by atoms with Crippen LogP contribution in [0.1, 0.15) is 36.1 Å². The minimum absolute atomic E-state index is 0.590. The maximum absolute atomic E-state index is 4.65. The smallest absolute Gasteiger partial charge is 0.227 e. The Balaban J connectivity index is 1.38. The van der Waals surface area contributed by atoms with Gasteiger partial charge < -0.3 is 10.2 Å². The van der Waals surface area contributed by atoms with Gasteiger partial charge in [-0.1, -0.05) is 36.2 Å². The number of benzene rings is 1. The molecule has 1 saturated heterocycles. The number of aromatic nitrogens is 3. The van der Waals surface area contributed by atoms with Crippen molar-refractivity contribution in [2.75, 3.05) is 25.0 Å². The second kappa shape index (κ2) is 9.14. The lowest BCUT2D eigenvalue weighted by Crippen LogP contribution is -2.31. The van der Waals surface area contributed by atoms with Crippen molar-refractivity contribution in [3.8, 4) is 11.1 Å². The Morgan fingerprint density at radius 1 is 0.862 bits per heavy atom.